The molecule has 0 bridgehead atoms. The molecule has 1 aliphatic heterocycles. The Kier molecular flexibility index (Phi) is 6.32. The number of fused-ring (bicyclic) bond motifs is 1. The number of anilines is 3. The molecule has 1 heterocycles. The van der Waals surface area contributed by atoms with E-state index in [1.807, 2.05) is 48.5 Å². The second-order valence-corrected chi connectivity index (χ2v) is 6.98. The first-order chi connectivity index (χ1) is 15.2. The van der Waals surface area contributed by atoms with Crippen molar-refractivity contribution in [3.05, 3.63) is 78.9 Å². The number of hydrogen-bond acceptors (Lipinski definition) is 4. The smallest absolute Gasteiger partial charge is 0.323 e. The highest BCUT2D eigenvalue weighted by Crippen LogP contribution is 2.34. The summed E-state index contributed by atoms with van der Waals surface area (Å²) in [6, 6.07) is 23.7. The Hall–Kier alpha value is -4.00. The molecule has 0 unspecified atom stereocenters. The molecular weight excluding hydrogens is 394 g/mol. The summed E-state index contributed by atoms with van der Waals surface area (Å²) >= 11 is 0. The quantitative estimate of drug-likeness (QED) is 0.554. The van der Waals surface area contributed by atoms with Gasteiger partial charge in [-0.2, -0.15) is 0 Å². The number of para-hydroxylation sites is 2. The van der Waals surface area contributed by atoms with E-state index in [0.29, 0.717) is 42.4 Å². The van der Waals surface area contributed by atoms with Crippen molar-refractivity contribution in [2.45, 2.75) is 6.42 Å². The number of benzene rings is 3. The number of ether oxygens (including phenoxy) is 2. The number of carbonyl (C=O) groups is 2. The van der Waals surface area contributed by atoms with Crippen molar-refractivity contribution in [1.29, 1.82) is 0 Å². The summed E-state index contributed by atoms with van der Waals surface area (Å²) in [7, 11) is 0. The van der Waals surface area contributed by atoms with Gasteiger partial charge in [-0.1, -0.05) is 36.4 Å². The lowest BCUT2D eigenvalue weighted by atomic mass is 10.2. The van der Waals surface area contributed by atoms with Crippen LogP contribution in [0.25, 0.3) is 0 Å². The average molecular weight is 417 g/mol. The van der Waals surface area contributed by atoms with Crippen LogP contribution in [0.4, 0.5) is 21.9 Å². The molecule has 0 atom stereocenters. The van der Waals surface area contributed by atoms with Gasteiger partial charge >= 0.3 is 6.03 Å². The zero-order chi connectivity index (χ0) is 21.5. The van der Waals surface area contributed by atoms with Gasteiger partial charge < -0.3 is 25.0 Å². The summed E-state index contributed by atoms with van der Waals surface area (Å²) in [4.78, 5) is 26.3. The minimum atomic E-state index is -0.354. The minimum Gasteiger partial charge on any atom is -0.494 e. The number of amides is 3. The number of nitrogens with zero attached hydrogens (tertiary/aromatic N) is 1. The maximum absolute atomic E-state index is 12.4. The van der Waals surface area contributed by atoms with Crippen molar-refractivity contribution in [3.63, 3.8) is 0 Å². The zero-order valence-corrected chi connectivity index (χ0v) is 16.9. The highest BCUT2D eigenvalue weighted by Gasteiger charge is 2.25. The number of carbonyl (C=O) groups excluding carboxylic acids is 2. The lowest BCUT2D eigenvalue weighted by Crippen LogP contribution is -2.39. The molecule has 4 rings (SSSR count). The maximum atomic E-state index is 12.4. The van der Waals surface area contributed by atoms with Gasteiger partial charge in [0.1, 0.15) is 11.5 Å². The van der Waals surface area contributed by atoms with Crippen LogP contribution in [0.15, 0.2) is 78.9 Å². The predicted molar refractivity (Wildman–Crippen MR) is 120 cm³/mol. The summed E-state index contributed by atoms with van der Waals surface area (Å²) in [6.45, 7) is 0.985. The van der Waals surface area contributed by atoms with Gasteiger partial charge in [-0.05, 0) is 42.8 Å². The van der Waals surface area contributed by atoms with Crippen LogP contribution in [0, 0.1) is 0 Å². The molecule has 1 aliphatic rings. The molecular formula is C24H23N3O4. The predicted octanol–water partition coefficient (Wildman–Crippen LogP) is 4.53. The Labute approximate surface area is 180 Å². The molecule has 0 radical (unpaired) electrons. The van der Waals surface area contributed by atoms with E-state index in [-0.39, 0.29) is 18.5 Å². The van der Waals surface area contributed by atoms with Crippen LogP contribution in [0.1, 0.15) is 6.42 Å². The average Bonchev–Trinajstić information content (AvgIpc) is 2.79. The van der Waals surface area contributed by atoms with Crippen LogP contribution in [-0.4, -0.2) is 31.7 Å². The number of rotatable bonds is 7. The van der Waals surface area contributed by atoms with Crippen molar-refractivity contribution in [3.8, 4) is 11.5 Å². The van der Waals surface area contributed by atoms with E-state index in [0.717, 1.165) is 5.75 Å². The fraction of sp³-hybridized carbons (Fsp3) is 0.167. The fourth-order valence-electron chi connectivity index (χ4n) is 3.27. The Balaban J connectivity index is 1.35. The molecule has 3 aromatic rings. The van der Waals surface area contributed by atoms with Gasteiger partial charge in [-0.3, -0.25) is 4.79 Å². The maximum Gasteiger partial charge on any atom is 0.323 e. The lowest BCUT2D eigenvalue weighted by molar-refractivity contribution is -0.121. The first-order valence-electron chi connectivity index (χ1n) is 10.1. The normalized spacial score (nSPS) is 12.5. The van der Waals surface area contributed by atoms with Crippen LogP contribution >= 0.6 is 0 Å². The van der Waals surface area contributed by atoms with Gasteiger partial charge in [0.25, 0.3) is 5.91 Å². The standard InChI is InChI=1S/C24H23N3O4/c28-23-17-31-22-16-19(26-24(29)25-18-8-3-1-4-9-18)12-13-21(22)27(23)14-7-15-30-20-10-5-2-6-11-20/h1-6,8-13,16H,7,14-15,17H2,(H2,25,26,29). The van der Waals surface area contributed by atoms with E-state index in [1.54, 1.807) is 35.2 Å². The SMILES string of the molecule is O=C(Nc1ccccc1)Nc1ccc2c(c1)OCC(=O)N2CCCOc1ccccc1. The second-order valence-electron chi connectivity index (χ2n) is 6.98. The molecule has 158 valence electrons. The first-order valence-corrected chi connectivity index (χ1v) is 10.1. The molecule has 31 heavy (non-hydrogen) atoms. The van der Waals surface area contributed by atoms with Crippen LogP contribution in [-0.2, 0) is 4.79 Å². The third kappa shape index (κ3) is 5.33. The Morgan fingerprint density at radius 1 is 0.935 bits per heavy atom. The van der Waals surface area contributed by atoms with Crippen molar-refractivity contribution in [1.82, 2.24) is 0 Å². The Morgan fingerprint density at radius 3 is 2.42 bits per heavy atom. The number of nitrogens with one attached hydrogen (secondary N) is 2. The van der Waals surface area contributed by atoms with Crippen LogP contribution < -0.4 is 25.0 Å². The van der Waals surface area contributed by atoms with Gasteiger partial charge in [-0.15, -0.1) is 0 Å². The molecule has 3 aromatic carbocycles. The largest absolute Gasteiger partial charge is 0.494 e. The van der Waals surface area contributed by atoms with Crippen molar-refractivity contribution >= 4 is 29.0 Å². The molecule has 0 aliphatic carbocycles. The summed E-state index contributed by atoms with van der Waals surface area (Å²) in [5, 5.41) is 5.55. The Morgan fingerprint density at radius 2 is 1.65 bits per heavy atom. The van der Waals surface area contributed by atoms with Crippen LogP contribution in [0.5, 0.6) is 11.5 Å². The molecule has 0 saturated carbocycles. The van der Waals surface area contributed by atoms with Gasteiger partial charge in [0, 0.05) is 24.0 Å². The van der Waals surface area contributed by atoms with E-state index in [9.17, 15) is 9.59 Å². The van der Waals surface area contributed by atoms with Gasteiger partial charge in [0.05, 0.1) is 12.3 Å². The second kappa shape index (κ2) is 9.67. The van der Waals surface area contributed by atoms with Gasteiger partial charge in [-0.25, -0.2) is 4.79 Å². The van der Waals surface area contributed by atoms with Crippen molar-refractivity contribution in [2.75, 3.05) is 35.3 Å². The molecule has 0 spiro atoms. The summed E-state index contributed by atoms with van der Waals surface area (Å²) in [5.74, 6) is 1.26. The first kappa shape index (κ1) is 20.3. The van der Waals surface area contributed by atoms with E-state index < -0.39 is 0 Å². The van der Waals surface area contributed by atoms with E-state index in [1.165, 1.54) is 0 Å². The van der Waals surface area contributed by atoms with Gasteiger partial charge in [0.2, 0.25) is 0 Å². The summed E-state index contributed by atoms with van der Waals surface area (Å²) < 4.78 is 11.3. The van der Waals surface area contributed by atoms with Crippen molar-refractivity contribution < 1.29 is 19.1 Å². The van der Waals surface area contributed by atoms with E-state index in [2.05, 4.69) is 10.6 Å². The molecule has 2 N–H and O–H groups in total. The molecule has 0 saturated heterocycles. The molecule has 0 fully saturated rings. The summed E-state index contributed by atoms with van der Waals surface area (Å²) in [5.41, 5.74) is 1.96. The topological polar surface area (TPSA) is 79.9 Å². The monoisotopic (exact) mass is 417 g/mol. The molecule has 7 heteroatoms. The summed E-state index contributed by atoms with van der Waals surface area (Å²) in [6.07, 6.45) is 0.680. The van der Waals surface area contributed by atoms with E-state index >= 15 is 0 Å². The number of urea groups is 1. The minimum absolute atomic E-state index is 0.0355. The van der Waals surface area contributed by atoms with E-state index in [4.69, 9.17) is 9.47 Å². The Bertz CT molecular complexity index is 1040. The van der Waals surface area contributed by atoms with Gasteiger partial charge in [0.15, 0.2) is 6.61 Å². The number of hydrogen-bond donors (Lipinski definition) is 2. The molecule has 3 amide bonds. The van der Waals surface area contributed by atoms with Crippen LogP contribution in [0.3, 0.4) is 0 Å². The third-order valence-electron chi connectivity index (χ3n) is 4.73. The molecule has 7 nitrogen and oxygen atoms in total. The third-order valence-corrected chi connectivity index (χ3v) is 4.73. The highest BCUT2D eigenvalue weighted by atomic mass is 16.5. The fourth-order valence-corrected chi connectivity index (χ4v) is 3.27. The van der Waals surface area contributed by atoms with Crippen molar-refractivity contribution in [2.24, 2.45) is 0 Å². The molecule has 0 aromatic heterocycles. The highest BCUT2D eigenvalue weighted by molar-refractivity contribution is 6.01. The zero-order valence-electron chi connectivity index (χ0n) is 16.9. The van der Waals surface area contributed by atoms with Crippen LogP contribution in [0.2, 0.25) is 0 Å². The lowest BCUT2D eigenvalue weighted by Gasteiger charge is -2.29.